The Hall–Kier alpha value is -1.93. The van der Waals surface area contributed by atoms with E-state index < -0.39 is 22.1 Å². The fourth-order valence-electron chi connectivity index (χ4n) is 4.97. The zero-order valence-electron chi connectivity index (χ0n) is 19.4. The van der Waals surface area contributed by atoms with E-state index >= 15 is 0 Å². The molecule has 3 N–H and O–H groups in total. The molecule has 1 aliphatic carbocycles. The molecule has 2 atom stereocenters. The van der Waals surface area contributed by atoms with Gasteiger partial charge in [-0.05, 0) is 73.6 Å². The molecular formula is C25H38O7S. The first-order valence-corrected chi connectivity index (χ1v) is 13.7. The van der Waals surface area contributed by atoms with Gasteiger partial charge in [0.1, 0.15) is 0 Å². The number of hydrogen-bond acceptors (Lipinski definition) is 4. The van der Waals surface area contributed by atoms with Crippen molar-refractivity contribution in [2.45, 2.75) is 113 Å². The summed E-state index contributed by atoms with van der Waals surface area (Å²) in [5.41, 5.74) is 2.23. The van der Waals surface area contributed by atoms with E-state index in [9.17, 15) is 22.6 Å². The number of rotatable bonds is 16. The van der Waals surface area contributed by atoms with Gasteiger partial charge in [0.15, 0.2) is 0 Å². The topological polar surface area (TPSA) is 129 Å². The number of aliphatic carboxylic acids is 2. The lowest BCUT2D eigenvalue weighted by atomic mass is 9.73. The maximum absolute atomic E-state index is 11.7. The van der Waals surface area contributed by atoms with Gasteiger partial charge in [0, 0.05) is 12.8 Å². The molecule has 2 rings (SSSR count). The van der Waals surface area contributed by atoms with Crippen molar-refractivity contribution in [1.82, 2.24) is 0 Å². The van der Waals surface area contributed by atoms with Crippen LogP contribution in [0.25, 0.3) is 0 Å². The van der Waals surface area contributed by atoms with Gasteiger partial charge < -0.3 is 10.2 Å². The van der Waals surface area contributed by atoms with Gasteiger partial charge in [-0.1, -0.05) is 51.0 Å². The first-order valence-electron chi connectivity index (χ1n) is 12.2. The molecular weight excluding hydrogens is 444 g/mol. The minimum atomic E-state index is -4.25. The molecule has 0 aliphatic heterocycles. The lowest BCUT2D eigenvalue weighted by Crippen LogP contribution is -2.16. The normalized spacial score (nSPS) is 18.1. The van der Waals surface area contributed by atoms with Gasteiger partial charge in [-0.15, -0.1) is 0 Å². The van der Waals surface area contributed by atoms with Crippen LogP contribution in [0, 0.1) is 0 Å². The van der Waals surface area contributed by atoms with Gasteiger partial charge in [0.05, 0.1) is 4.90 Å². The first-order chi connectivity index (χ1) is 15.7. The Bertz CT molecular complexity index is 879. The molecule has 0 saturated carbocycles. The summed E-state index contributed by atoms with van der Waals surface area (Å²) in [6, 6.07) is 5.02. The van der Waals surface area contributed by atoms with Crippen LogP contribution < -0.4 is 0 Å². The van der Waals surface area contributed by atoms with Crippen molar-refractivity contribution >= 4 is 22.1 Å². The van der Waals surface area contributed by atoms with Crippen molar-refractivity contribution in [3.63, 3.8) is 0 Å². The van der Waals surface area contributed by atoms with Crippen molar-refractivity contribution < 1.29 is 32.8 Å². The van der Waals surface area contributed by atoms with Crippen LogP contribution in [0.15, 0.2) is 23.1 Å². The number of carboxylic acid groups (broad SMARTS) is 2. The Morgan fingerprint density at radius 3 is 1.67 bits per heavy atom. The van der Waals surface area contributed by atoms with E-state index in [1.54, 1.807) is 6.07 Å². The molecule has 186 valence electrons. The highest BCUT2D eigenvalue weighted by atomic mass is 32.2. The number of benzene rings is 1. The van der Waals surface area contributed by atoms with E-state index in [2.05, 4.69) is 0 Å². The second kappa shape index (κ2) is 13.7. The minimum Gasteiger partial charge on any atom is -0.481 e. The maximum Gasteiger partial charge on any atom is 0.303 e. The summed E-state index contributed by atoms with van der Waals surface area (Å²) in [4.78, 5) is 21.2. The second-order valence-corrected chi connectivity index (χ2v) is 10.7. The first kappa shape index (κ1) is 27.3. The summed E-state index contributed by atoms with van der Waals surface area (Å²) < 4.78 is 32.9. The molecule has 1 aromatic rings. The van der Waals surface area contributed by atoms with Crippen LogP contribution in [0.3, 0.4) is 0 Å². The summed E-state index contributed by atoms with van der Waals surface area (Å²) in [5.74, 6) is -0.872. The van der Waals surface area contributed by atoms with Crippen LogP contribution in [0.1, 0.15) is 119 Å². The standard InChI is InChI=1S/C25H38O7S/c26-24(27)12-8-3-1-2-6-10-19-14-15-20(11-7-4-5-9-13-25(28)29)23-18-21(33(30,31)32)16-17-22(19)23/h16-20H,1-15H2,(H,26,27)(H,28,29)(H,30,31,32). The molecule has 0 bridgehead atoms. The molecule has 0 radical (unpaired) electrons. The van der Waals surface area contributed by atoms with E-state index in [1.165, 1.54) is 11.6 Å². The molecule has 0 fully saturated rings. The molecule has 0 aromatic heterocycles. The Morgan fingerprint density at radius 2 is 1.18 bits per heavy atom. The van der Waals surface area contributed by atoms with Gasteiger partial charge in [0.25, 0.3) is 10.1 Å². The van der Waals surface area contributed by atoms with Crippen LogP contribution in [0.4, 0.5) is 0 Å². The zero-order valence-corrected chi connectivity index (χ0v) is 20.2. The molecule has 0 amide bonds. The number of carbonyl (C=O) groups is 2. The third-order valence-corrected chi connectivity index (χ3v) is 7.59. The van der Waals surface area contributed by atoms with Gasteiger partial charge in [-0.3, -0.25) is 14.1 Å². The highest BCUT2D eigenvalue weighted by Crippen LogP contribution is 2.44. The molecule has 1 aliphatic rings. The van der Waals surface area contributed by atoms with Crippen LogP contribution in [0.2, 0.25) is 0 Å². The average molecular weight is 483 g/mol. The predicted molar refractivity (Wildman–Crippen MR) is 126 cm³/mol. The molecule has 8 heteroatoms. The summed E-state index contributed by atoms with van der Waals surface area (Å²) in [5, 5.41) is 17.5. The van der Waals surface area contributed by atoms with Crippen LogP contribution in [0.5, 0.6) is 0 Å². The highest BCUT2D eigenvalue weighted by molar-refractivity contribution is 7.85. The molecule has 0 spiro atoms. The number of hydrogen-bond donors (Lipinski definition) is 3. The van der Waals surface area contributed by atoms with E-state index in [1.807, 2.05) is 6.07 Å². The van der Waals surface area contributed by atoms with Gasteiger partial charge >= 0.3 is 11.9 Å². The lowest BCUT2D eigenvalue weighted by Gasteiger charge is -2.32. The molecule has 2 unspecified atom stereocenters. The molecule has 1 aromatic carbocycles. The summed E-state index contributed by atoms with van der Waals surface area (Å²) in [7, 11) is -4.25. The lowest BCUT2D eigenvalue weighted by molar-refractivity contribution is -0.138. The van der Waals surface area contributed by atoms with Crippen LogP contribution in [-0.4, -0.2) is 35.1 Å². The SMILES string of the molecule is O=C(O)CCCCCCCC1CCC(CCCCCCC(=O)O)c2cc(S(=O)(=O)O)ccc21. The minimum absolute atomic E-state index is 0.0493. The summed E-state index contributed by atoms with van der Waals surface area (Å²) >= 11 is 0. The second-order valence-electron chi connectivity index (χ2n) is 9.28. The van der Waals surface area contributed by atoms with Gasteiger partial charge in [-0.2, -0.15) is 8.42 Å². The molecule has 0 saturated heterocycles. The number of fused-ring (bicyclic) bond motifs is 1. The quantitative estimate of drug-likeness (QED) is 0.191. The van der Waals surface area contributed by atoms with Crippen molar-refractivity contribution in [1.29, 1.82) is 0 Å². The van der Waals surface area contributed by atoms with Gasteiger partial charge in [-0.25, -0.2) is 0 Å². The molecule has 7 nitrogen and oxygen atoms in total. The van der Waals surface area contributed by atoms with E-state index in [4.69, 9.17) is 10.2 Å². The Balaban J connectivity index is 1.93. The van der Waals surface area contributed by atoms with Crippen molar-refractivity contribution in [3.8, 4) is 0 Å². The average Bonchev–Trinajstić information content (AvgIpc) is 2.74. The Labute approximate surface area is 197 Å². The van der Waals surface area contributed by atoms with Crippen LogP contribution in [-0.2, 0) is 19.7 Å². The van der Waals surface area contributed by atoms with E-state index in [0.29, 0.717) is 12.3 Å². The monoisotopic (exact) mass is 482 g/mol. The van der Waals surface area contributed by atoms with E-state index in [0.717, 1.165) is 82.6 Å². The fraction of sp³-hybridized carbons (Fsp3) is 0.680. The summed E-state index contributed by atoms with van der Waals surface area (Å²) in [6.45, 7) is 0. The third kappa shape index (κ3) is 9.84. The maximum atomic E-state index is 11.7. The van der Waals surface area contributed by atoms with Crippen LogP contribution >= 0.6 is 0 Å². The molecule has 33 heavy (non-hydrogen) atoms. The van der Waals surface area contributed by atoms with Crippen molar-refractivity contribution in [2.75, 3.05) is 0 Å². The fourth-order valence-corrected chi connectivity index (χ4v) is 5.49. The van der Waals surface area contributed by atoms with Crippen molar-refractivity contribution in [3.05, 3.63) is 29.3 Å². The van der Waals surface area contributed by atoms with Crippen molar-refractivity contribution in [2.24, 2.45) is 0 Å². The summed E-state index contributed by atoms with van der Waals surface area (Å²) in [6.07, 6.45) is 12.7. The zero-order chi connectivity index (χ0) is 24.3. The Morgan fingerprint density at radius 1 is 0.727 bits per heavy atom. The Kier molecular flexibility index (Phi) is 11.3. The highest BCUT2D eigenvalue weighted by Gasteiger charge is 2.28. The third-order valence-electron chi connectivity index (χ3n) is 6.74. The number of unbranched alkanes of at least 4 members (excludes halogenated alkanes) is 7. The predicted octanol–water partition coefficient (Wildman–Crippen LogP) is 6.13. The number of carboxylic acids is 2. The van der Waals surface area contributed by atoms with Gasteiger partial charge in [0.2, 0.25) is 0 Å². The van der Waals surface area contributed by atoms with E-state index in [-0.39, 0.29) is 23.7 Å². The smallest absolute Gasteiger partial charge is 0.303 e. The largest absolute Gasteiger partial charge is 0.481 e. The molecule has 0 heterocycles.